The number of rotatable bonds is 12. The Hall–Kier alpha value is -3.89. The Balaban J connectivity index is 2.44. The lowest BCUT2D eigenvalue weighted by atomic mass is 9.77. The second kappa shape index (κ2) is 13.8. The van der Waals surface area contributed by atoms with Crippen LogP contribution in [0.15, 0.2) is 48.0 Å². The lowest BCUT2D eigenvalue weighted by molar-refractivity contribution is -0.139. The molecule has 10 nitrogen and oxygen atoms in total. The number of benzene rings is 2. The van der Waals surface area contributed by atoms with Gasteiger partial charge in [0, 0.05) is 12.1 Å². The number of carbonyl (C=O) groups is 3. The van der Waals surface area contributed by atoms with Gasteiger partial charge in [-0.05, 0) is 64.3 Å². The third kappa shape index (κ3) is 9.32. The first-order valence-electron chi connectivity index (χ1n) is 13.6. The van der Waals surface area contributed by atoms with E-state index in [1.165, 1.54) is 7.11 Å². The third-order valence-electron chi connectivity index (χ3n) is 6.73. The van der Waals surface area contributed by atoms with Crippen LogP contribution < -0.4 is 10.1 Å². The lowest BCUT2D eigenvalue weighted by Crippen LogP contribution is -2.46. The lowest BCUT2D eigenvalue weighted by Gasteiger charge is -2.32. The van der Waals surface area contributed by atoms with Crippen molar-refractivity contribution < 1.29 is 44.3 Å². The maximum Gasteiger partial charge on any atom is 0.333 e. The van der Waals surface area contributed by atoms with Gasteiger partial charge in [0.05, 0.1) is 31.2 Å². The van der Waals surface area contributed by atoms with E-state index in [0.29, 0.717) is 28.5 Å². The van der Waals surface area contributed by atoms with E-state index in [0.717, 1.165) is 5.56 Å². The first-order chi connectivity index (χ1) is 19.3. The highest BCUT2D eigenvalue weighted by atomic mass is 16.5. The first kappa shape index (κ1) is 34.3. The summed E-state index contributed by atoms with van der Waals surface area (Å²) in [5.74, 6) is -2.76. The molecule has 0 saturated heterocycles. The molecule has 0 spiro atoms. The molecule has 0 bridgehead atoms. The summed E-state index contributed by atoms with van der Waals surface area (Å²) in [6.07, 6.45) is -0.811. The maximum absolute atomic E-state index is 12.2. The fourth-order valence-electron chi connectivity index (χ4n) is 4.45. The summed E-state index contributed by atoms with van der Waals surface area (Å²) in [5.41, 5.74) is 0.629. The summed E-state index contributed by atoms with van der Waals surface area (Å²) in [5, 5.41) is 45.1. The Kier molecular flexibility index (Phi) is 11.3. The Labute approximate surface area is 247 Å². The van der Waals surface area contributed by atoms with Gasteiger partial charge in [-0.3, -0.25) is 4.79 Å². The predicted octanol–water partition coefficient (Wildman–Crippen LogP) is 4.26. The highest BCUT2D eigenvalue weighted by molar-refractivity contribution is 5.95. The summed E-state index contributed by atoms with van der Waals surface area (Å²) in [7, 11) is 1.31. The SMILES string of the molecule is COC(=O)Cc1ccc(OCC(C)NC(/C(=C/C(=O)O)C(=O)O)C(O)c2cc(C(C)(C)C)c(O)c(C(C)(C)C)c2)cc1. The topological polar surface area (TPSA) is 163 Å². The molecule has 10 heteroatoms. The zero-order chi connectivity index (χ0) is 32.0. The number of methoxy groups -OCH3 is 1. The molecule has 42 heavy (non-hydrogen) atoms. The largest absolute Gasteiger partial charge is 0.507 e. The molecule has 0 amide bonds. The smallest absolute Gasteiger partial charge is 0.333 e. The van der Waals surface area contributed by atoms with Crippen LogP contribution in [0.25, 0.3) is 0 Å². The van der Waals surface area contributed by atoms with Gasteiger partial charge in [-0.2, -0.15) is 0 Å². The minimum atomic E-state index is -1.51. The van der Waals surface area contributed by atoms with Crippen LogP contribution in [0.4, 0.5) is 0 Å². The highest BCUT2D eigenvalue weighted by Crippen LogP contribution is 2.41. The molecule has 230 valence electrons. The number of phenols is 1. The predicted molar refractivity (Wildman–Crippen MR) is 158 cm³/mol. The molecule has 2 aromatic carbocycles. The minimum Gasteiger partial charge on any atom is -0.507 e. The van der Waals surface area contributed by atoms with Crippen molar-refractivity contribution in [2.75, 3.05) is 13.7 Å². The number of nitrogens with one attached hydrogen (secondary N) is 1. The molecule has 3 atom stereocenters. The van der Waals surface area contributed by atoms with Crippen molar-refractivity contribution in [2.24, 2.45) is 0 Å². The molecular formula is C32H43NO9. The number of aliphatic carboxylic acids is 2. The van der Waals surface area contributed by atoms with Crippen molar-refractivity contribution in [1.82, 2.24) is 5.32 Å². The van der Waals surface area contributed by atoms with E-state index in [1.807, 2.05) is 41.5 Å². The van der Waals surface area contributed by atoms with Crippen LogP contribution in [0.2, 0.25) is 0 Å². The summed E-state index contributed by atoms with van der Waals surface area (Å²) >= 11 is 0. The van der Waals surface area contributed by atoms with Gasteiger partial charge in [0.15, 0.2) is 0 Å². The van der Waals surface area contributed by atoms with Crippen LogP contribution in [-0.4, -0.2) is 64.1 Å². The van der Waals surface area contributed by atoms with Gasteiger partial charge in [0.2, 0.25) is 0 Å². The number of carbonyl (C=O) groups excluding carboxylic acids is 1. The molecular weight excluding hydrogens is 542 g/mol. The van der Waals surface area contributed by atoms with E-state index in [9.17, 15) is 34.8 Å². The molecule has 0 aromatic heterocycles. The molecule has 0 aliphatic rings. The van der Waals surface area contributed by atoms with E-state index in [4.69, 9.17) is 4.74 Å². The van der Waals surface area contributed by atoms with Crippen LogP contribution >= 0.6 is 0 Å². The fourth-order valence-corrected chi connectivity index (χ4v) is 4.45. The number of ether oxygens (including phenoxy) is 2. The molecule has 5 N–H and O–H groups in total. The Bertz CT molecular complexity index is 1270. The summed E-state index contributed by atoms with van der Waals surface area (Å²) in [6.45, 7) is 13.2. The number of aliphatic hydroxyl groups excluding tert-OH is 1. The number of esters is 1. The van der Waals surface area contributed by atoms with Crippen LogP contribution in [0.5, 0.6) is 11.5 Å². The van der Waals surface area contributed by atoms with Crippen LogP contribution in [-0.2, 0) is 36.4 Å². The van der Waals surface area contributed by atoms with E-state index in [2.05, 4.69) is 10.1 Å². The van der Waals surface area contributed by atoms with Gasteiger partial charge >= 0.3 is 17.9 Å². The zero-order valence-corrected chi connectivity index (χ0v) is 25.5. The van der Waals surface area contributed by atoms with Gasteiger partial charge in [-0.15, -0.1) is 0 Å². The van der Waals surface area contributed by atoms with Crippen molar-refractivity contribution >= 4 is 17.9 Å². The Morgan fingerprint density at radius 1 is 0.952 bits per heavy atom. The second-order valence-electron chi connectivity index (χ2n) is 12.4. The maximum atomic E-state index is 12.2. The molecule has 0 aliphatic heterocycles. The normalized spacial score (nSPS) is 14.5. The Morgan fingerprint density at radius 3 is 1.90 bits per heavy atom. The van der Waals surface area contributed by atoms with E-state index in [-0.39, 0.29) is 24.7 Å². The molecule has 0 aliphatic carbocycles. The van der Waals surface area contributed by atoms with Gasteiger partial charge in [-0.25, -0.2) is 9.59 Å². The monoisotopic (exact) mass is 585 g/mol. The van der Waals surface area contributed by atoms with Gasteiger partial charge in [-0.1, -0.05) is 53.7 Å². The van der Waals surface area contributed by atoms with Crippen LogP contribution in [0.3, 0.4) is 0 Å². The highest BCUT2D eigenvalue weighted by Gasteiger charge is 2.34. The quantitative estimate of drug-likeness (QED) is 0.180. The molecule has 2 aromatic rings. The summed E-state index contributed by atoms with van der Waals surface area (Å²) in [4.78, 5) is 35.3. The van der Waals surface area contributed by atoms with Crippen molar-refractivity contribution in [2.45, 2.75) is 83.9 Å². The molecule has 3 unspecified atom stereocenters. The van der Waals surface area contributed by atoms with Gasteiger partial charge < -0.3 is 35.2 Å². The van der Waals surface area contributed by atoms with Crippen molar-refractivity contribution in [3.8, 4) is 11.5 Å². The molecule has 0 saturated carbocycles. The minimum absolute atomic E-state index is 0.0512. The number of phenolic OH excluding ortho intramolecular Hbond substituents is 1. The standard InChI is InChI=1S/C32H43NO9/c1-18(17-42-21-11-9-19(10-12-21)13-26(36)41-8)33-27(22(30(39)40)16-25(34)35)28(37)20-14-23(31(2,3)4)29(38)24(15-20)32(5,6)7/h9-12,14-16,18,27-28,33,37-38H,13,17H2,1-8H3,(H,34,35)(H,39,40)/b22-16-. The summed E-state index contributed by atoms with van der Waals surface area (Å²) in [6, 6.07) is 8.18. The summed E-state index contributed by atoms with van der Waals surface area (Å²) < 4.78 is 10.5. The number of carboxylic acid groups (broad SMARTS) is 2. The van der Waals surface area contributed by atoms with Gasteiger partial charge in [0.25, 0.3) is 0 Å². The number of carboxylic acids is 2. The molecule has 2 rings (SSSR count). The molecule has 0 radical (unpaired) electrons. The van der Waals surface area contributed by atoms with Crippen LogP contribution in [0, 0.1) is 0 Å². The number of aromatic hydroxyl groups is 1. The van der Waals surface area contributed by atoms with Crippen molar-refractivity contribution in [3.63, 3.8) is 0 Å². The third-order valence-corrected chi connectivity index (χ3v) is 6.73. The number of hydrogen-bond donors (Lipinski definition) is 5. The number of hydrogen-bond acceptors (Lipinski definition) is 8. The average Bonchev–Trinajstić information content (AvgIpc) is 2.88. The van der Waals surface area contributed by atoms with E-state index < -0.39 is 46.5 Å². The average molecular weight is 586 g/mol. The van der Waals surface area contributed by atoms with E-state index >= 15 is 0 Å². The first-order valence-corrected chi connectivity index (χ1v) is 13.6. The number of aliphatic hydroxyl groups is 1. The zero-order valence-electron chi connectivity index (χ0n) is 25.5. The fraction of sp³-hybridized carbons (Fsp3) is 0.469. The van der Waals surface area contributed by atoms with Crippen molar-refractivity contribution in [1.29, 1.82) is 0 Å². The van der Waals surface area contributed by atoms with Gasteiger partial charge in [0.1, 0.15) is 18.1 Å². The second-order valence-corrected chi connectivity index (χ2v) is 12.4. The van der Waals surface area contributed by atoms with Crippen molar-refractivity contribution in [3.05, 3.63) is 70.3 Å². The van der Waals surface area contributed by atoms with E-state index in [1.54, 1.807) is 43.3 Å². The molecule has 0 fully saturated rings. The molecule has 0 heterocycles. The Morgan fingerprint density at radius 2 is 1.48 bits per heavy atom. The van der Waals surface area contributed by atoms with Crippen LogP contribution in [0.1, 0.15) is 76.8 Å².